The van der Waals surface area contributed by atoms with E-state index in [0.29, 0.717) is 5.75 Å². The minimum atomic E-state index is -0.0604. The number of ether oxygens (including phenoxy) is 1. The Labute approximate surface area is 123 Å². The normalized spacial score (nSPS) is 12.1. The summed E-state index contributed by atoms with van der Waals surface area (Å²) in [5, 5.41) is 0. The molecule has 2 N–H and O–H groups in total. The summed E-state index contributed by atoms with van der Waals surface area (Å²) in [5.41, 5.74) is 7.06. The van der Waals surface area contributed by atoms with Crippen LogP contribution in [0.5, 0.6) is 5.75 Å². The molecule has 0 saturated heterocycles. The van der Waals surface area contributed by atoms with Gasteiger partial charge in [-0.05, 0) is 36.6 Å². The van der Waals surface area contributed by atoms with Crippen LogP contribution in [0, 0.1) is 0 Å². The van der Waals surface area contributed by atoms with Crippen LogP contribution in [0.1, 0.15) is 18.9 Å². The highest BCUT2D eigenvalue weighted by Crippen LogP contribution is 2.24. The Morgan fingerprint density at radius 3 is 2.74 bits per heavy atom. The van der Waals surface area contributed by atoms with E-state index in [1.54, 1.807) is 14.1 Å². The topological polar surface area (TPSA) is 55.6 Å². The highest BCUT2D eigenvalue weighted by atomic mass is 79.9. The van der Waals surface area contributed by atoms with E-state index in [-0.39, 0.29) is 18.6 Å². The van der Waals surface area contributed by atoms with Gasteiger partial charge in [0.25, 0.3) is 5.91 Å². The van der Waals surface area contributed by atoms with Gasteiger partial charge in [0.1, 0.15) is 5.75 Å². The fourth-order valence-corrected chi connectivity index (χ4v) is 1.91. The highest BCUT2D eigenvalue weighted by molar-refractivity contribution is 9.10. The summed E-state index contributed by atoms with van der Waals surface area (Å²) in [5.74, 6) is 0.631. The molecule has 0 saturated carbocycles. The first-order valence-electron chi connectivity index (χ1n) is 6.31. The van der Waals surface area contributed by atoms with Crippen molar-refractivity contribution in [3.05, 3.63) is 28.2 Å². The number of nitrogens with two attached hydrogens (primary N) is 1. The molecule has 4 nitrogen and oxygen atoms in total. The zero-order valence-electron chi connectivity index (χ0n) is 11.6. The number of carbonyl (C=O) groups is 1. The number of hydrogen-bond acceptors (Lipinski definition) is 3. The Morgan fingerprint density at radius 2 is 2.16 bits per heavy atom. The predicted octanol–water partition coefficient (Wildman–Crippen LogP) is 2.20. The SMILES string of the molecule is CCC(N)Cc1cc(OCC(=O)N(C)C)ccc1Br. The summed E-state index contributed by atoms with van der Waals surface area (Å²) in [6, 6.07) is 5.83. The molecule has 0 spiro atoms. The second kappa shape index (κ2) is 7.50. The van der Waals surface area contributed by atoms with Crippen LogP contribution < -0.4 is 10.5 Å². The molecule has 0 aromatic heterocycles. The molecule has 1 unspecified atom stereocenters. The maximum atomic E-state index is 11.5. The van der Waals surface area contributed by atoms with Crippen LogP contribution >= 0.6 is 15.9 Å². The van der Waals surface area contributed by atoms with E-state index >= 15 is 0 Å². The van der Waals surface area contributed by atoms with Crippen molar-refractivity contribution in [3.8, 4) is 5.75 Å². The number of benzene rings is 1. The Balaban J connectivity index is 2.70. The quantitative estimate of drug-likeness (QED) is 0.870. The largest absolute Gasteiger partial charge is 0.484 e. The summed E-state index contributed by atoms with van der Waals surface area (Å²) >= 11 is 3.51. The number of halogens is 1. The van der Waals surface area contributed by atoms with Crippen molar-refractivity contribution < 1.29 is 9.53 Å². The lowest BCUT2D eigenvalue weighted by atomic mass is 10.0. The summed E-state index contributed by atoms with van der Waals surface area (Å²) in [6.07, 6.45) is 1.71. The monoisotopic (exact) mass is 328 g/mol. The second-order valence-electron chi connectivity index (χ2n) is 4.70. The van der Waals surface area contributed by atoms with Gasteiger partial charge < -0.3 is 15.4 Å². The fourth-order valence-electron chi connectivity index (χ4n) is 1.50. The maximum absolute atomic E-state index is 11.5. The third-order valence-corrected chi connectivity index (χ3v) is 3.66. The third-order valence-electron chi connectivity index (χ3n) is 2.88. The Morgan fingerprint density at radius 1 is 1.47 bits per heavy atom. The van der Waals surface area contributed by atoms with Crippen molar-refractivity contribution >= 4 is 21.8 Å². The molecule has 0 fully saturated rings. The van der Waals surface area contributed by atoms with E-state index < -0.39 is 0 Å². The zero-order chi connectivity index (χ0) is 14.4. The fraction of sp³-hybridized carbons (Fsp3) is 0.500. The summed E-state index contributed by atoms with van der Waals surface area (Å²) in [4.78, 5) is 13.0. The molecule has 1 atom stereocenters. The van der Waals surface area contributed by atoms with Crippen LogP contribution in [0.15, 0.2) is 22.7 Å². The van der Waals surface area contributed by atoms with Crippen LogP contribution in [0.25, 0.3) is 0 Å². The lowest BCUT2D eigenvalue weighted by Gasteiger charge is -2.14. The number of likely N-dealkylation sites (N-methyl/N-ethyl adjacent to an activating group) is 1. The standard InChI is InChI=1S/C14H21BrN2O2/c1-4-11(16)7-10-8-12(5-6-13(10)15)19-9-14(18)17(2)3/h5-6,8,11H,4,7,9,16H2,1-3H3. The summed E-state index contributed by atoms with van der Waals surface area (Å²) in [7, 11) is 3.41. The minimum Gasteiger partial charge on any atom is -0.484 e. The molecule has 1 rings (SSSR count). The van der Waals surface area contributed by atoms with Crippen LogP contribution in [0.4, 0.5) is 0 Å². The first kappa shape index (κ1) is 16.0. The number of nitrogens with zero attached hydrogens (tertiary/aromatic N) is 1. The van der Waals surface area contributed by atoms with Gasteiger partial charge >= 0.3 is 0 Å². The smallest absolute Gasteiger partial charge is 0.259 e. The third kappa shape index (κ3) is 5.20. The highest BCUT2D eigenvalue weighted by Gasteiger charge is 2.09. The molecular formula is C14H21BrN2O2. The molecule has 0 heterocycles. The predicted molar refractivity (Wildman–Crippen MR) is 80.3 cm³/mol. The van der Waals surface area contributed by atoms with E-state index in [2.05, 4.69) is 22.9 Å². The lowest BCUT2D eigenvalue weighted by Crippen LogP contribution is -2.27. The Hall–Kier alpha value is -1.07. The van der Waals surface area contributed by atoms with Crippen LogP contribution in [-0.4, -0.2) is 37.6 Å². The summed E-state index contributed by atoms with van der Waals surface area (Å²) in [6.45, 7) is 2.11. The maximum Gasteiger partial charge on any atom is 0.259 e. The molecule has 1 aromatic carbocycles. The molecule has 106 valence electrons. The molecule has 0 aliphatic heterocycles. The van der Waals surface area contributed by atoms with Crippen molar-refractivity contribution in [2.75, 3.05) is 20.7 Å². The van der Waals surface area contributed by atoms with Crippen molar-refractivity contribution in [1.82, 2.24) is 4.90 Å². The van der Waals surface area contributed by atoms with Gasteiger partial charge in [-0.3, -0.25) is 4.79 Å². The zero-order valence-corrected chi connectivity index (χ0v) is 13.2. The Kier molecular flexibility index (Phi) is 6.31. The minimum absolute atomic E-state index is 0.0495. The van der Waals surface area contributed by atoms with Gasteiger partial charge in [-0.15, -0.1) is 0 Å². The van der Waals surface area contributed by atoms with Gasteiger partial charge in [0, 0.05) is 24.6 Å². The van der Waals surface area contributed by atoms with Crippen LogP contribution in [0.3, 0.4) is 0 Å². The van der Waals surface area contributed by atoms with Gasteiger partial charge in [-0.2, -0.15) is 0 Å². The number of amides is 1. The number of hydrogen-bond donors (Lipinski definition) is 1. The average molecular weight is 329 g/mol. The van der Waals surface area contributed by atoms with Crippen molar-refractivity contribution in [1.29, 1.82) is 0 Å². The first-order chi connectivity index (χ1) is 8.93. The van der Waals surface area contributed by atoms with Gasteiger partial charge in [0.2, 0.25) is 0 Å². The summed E-state index contributed by atoms with van der Waals surface area (Å²) < 4.78 is 6.50. The van der Waals surface area contributed by atoms with Crippen molar-refractivity contribution in [2.45, 2.75) is 25.8 Å². The first-order valence-corrected chi connectivity index (χ1v) is 7.10. The molecule has 0 radical (unpaired) electrons. The van der Waals surface area contributed by atoms with E-state index in [4.69, 9.17) is 10.5 Å². The van der Waals surface area contributed by atoms with E-state index in [1.165, 1.54) is 4.90 Å². The van der Waals surface area contributed by atoms with E-state index in [9.17, 15) is 4.79 Å². The van der Waals surface area contributed by atoms with Crippen molar-refractivity contribution in [2.24, 2.45) is 5.73 Å². The Bertz CT molecular complexity index is 435. The van der Waals surface area contributed by atoms with Crippen LogP contribution in [-0.2, 0) is 11.2 Å². The average Bonchev–Trinajstić information content (AvgIpc) is 2.38. The second-order valence-corrected chi connectivity index (χ2v) is 5.56. The van der Waals surface area contributed by atoms with Gasteiger partial charge in [0.15, 0.2) is 6.61 Å². The van der Waals surface area contributed by atoms with Gasteiger partial charge in [0.05, 0.1) is 0 Å². The number of rotatable bonds is 6. The molecular weight excluding hydrogens is 308 g/mol. The van der Waals surface area contributed by atoms with E-state index in [0.717, 1.165) is 22.9 Å². The van der Waals surface area contributed by atoms with Crippen LogP contribution in [0.2, 0.25) is 0 Å². The molecule has 5 heteroatoms. The van der Waals surface area contributed by atoms with E-state index in [1.807, 2.05) is 18.2 Å². The molecule has 0 bridgehead atoms. The van der Waals surface area contributed by atoms with Crippen molar-refractivity contribution in [3.63, 3.8) is 0 Å². The molecule has 0 aliphatic carbocycles. The number of carbonyl (C=O) groups excluding carboxylic acids is 1. The molecule has 1 amide bonds. The van der Waals surface area contributed by atoms with Gasteiger partial charge in [-0.25, -0.2) is 0 Å². The molecule has 19 heavy (non-hydrogen) atoms. The lowest BCUT2D eigenvalue weighted by molar-refractivity contribution is -0.130. The van der Waals surface area contributed by atoms with Gasteiger partial charge in [-0.1, -0.05) is 22.9 Å². The molecule has 0 aliphatic rings. The molecule has 1 aromatic rings.